The van der Waals surface area contributed by atoms with Gasteiger partial charge in [0.25, 0.3) is 0 Å². The molecular weight excluding hydrogens is 345 g/mol. The lowest BCUT2D eigenvalue weighted by atomic mass is 10.3. The second-order valence-corrected chi connectivity index (χ2v) is 4.87. The Bertz CT molecular complexity index is 561. The number of benzene rings is 1. The molecule has 2 rings (SSSR count). The molecule has 2 aromatic rings. The van der Waals surface area contributed by atoms with Crippen molar-refractivity contribution in [2.45, 2.75) is 0 Å². The van der Waals surface area contributed by atoms with Crippen LogP contribution in [0.4, 0.5) is 11.9 Å². The first kappa shape index (κ1) is 12.8. The maximum Gasteiger partial charge on any atom is 0.328 e. The minimum absolute atomic E-state index is 0.134. The summed E-state index contributed by atoms with van der Waals surface area (Å²) < 4.78 is 6.58. The number of ether oxygens (including phenoxy) is 1. The maximum absolute atomic E-state index is 5.62. The number of aromatic nitrogens is 3. The van der Waals surface area contributed by atoms with Gasteiger partial charge in [0, 0.05) is 14.1 Å². The van der Waals surface area contributed by atoms with Crippen molar-refractivity contribution in [3.8, 4) is 11.8 Å². The van der Waals surface area contributed by atoms with Crippen LogP contribution in [-0.4, -0.2) is 29.0 Å². The molecule has 0 bridgehead atoms. The van der Waals surface area contributed by atoms with Gasteiger partial charge < -0.3 is 15.4 Å². The Balaban J connectivity index is 2.32. The average Bonchev–Trinajstić information content (AvgIpc) is 2.31. The van der Waals surface area contributed by atoms with Gasteiger partial charge in [-0.15, -0.1) is 0 Å². The van der Waals surface area contributed by atoms with Crippen molar-refractivity contribution in [1.82, 2.24) is 15.0 Å². The van der Waals surface area contributed by atoms with Crippen molar-refractivity contribution in [2.24, 2.45) is 0 Å². The molecule has 0 aliphatic carbocycles. The van der Waals surface area contributed by atoms with E-state index < -0.39 is 0 Å². The Hall–Kier alpha value is -1.64. The van der Waals surface area contributed by atoms with Crippen molar-refractivity contribution < 1.29 is 4.74 Å². The summed E-state index contributed by atoms with van der Waals surface area (Å²) in [4.78, 5) is 13.9. The second kappa shape index (κ2) is 5.34. The second-order valence-electron chi connectivity index (χ2n) is 3.70. The van der Waals surface area contributed by atoms with Gasteiger partial charge in [0.2, 0.25) is 11.9 Å². The highest BCUT2D eigenvalue weighted by atomic mass is 127. The summed E-state index contributed by atoms with van der Waals surface area (Å²) in [6, 6.07) is 7.79. The first-order valence-electron chi connectivity index (χ1n) is 5.17. The monoisotopic (exact) mass is 357 g/mol. The van der Waals surface area contributed by atoms with Crippen LogP contribution in [0.1, 0.15) is 0 Å². The van der Waals surface area contributed by atoms with Crippen molar-refractivity contribution in [3.05, 3.63) is 27.8 Å². The summed E-state index contributed by atoms with van der Waals surface area (Å²) in [5.41, 5.74) is 5.62. The van der Waals surface area contributed by atoms with Crippen molar-refractivity contribution in [2.75, 3.05) is 24.7 Å². The molecule has 0 saturated heterocycles. The van der Waals surface area contributed by atoms with Gasteiger partial charge in [-0.05, 0) is 34.7 Å². The summed E-state index contributed by atoms with van der Waals surface area (Å²) in [7, 11) is 3.65. The Morgan fingerprint density at radius 1 is 1.17 bits per heavy atom. The van der Waals surface area contributed by atoms with E-state index in [0.717, 1.165) is 3.57 Å². The summed E-state index contributed by atoms with van der Waals surface area (Å²) in [5.74, 6) is 1.28. The zero-order valence-corrected chi connectivity index (χ0v) is 12.1. The highest BCUT2D eigenvalue weighted by Crippen LogP contribution is 2.24. The van der Waals surface area contributed by atoms with Gasteiger partial charge in [0.15, 0.2) is 0 Å². The normalized spacial score (nSPS) is 10.2. The number of anilines is 2. The van der Waals surface area contributed by atoms with Crippen LogP contribution < -0.4 is 15.4 Å². The molecule has 0 saturated carbocycles. The molecule has 1 aromatic heterocycles. The molecule has 0 spiro atoms. The standard InChI is InChI=1S/C11H12IN5O/c1-17(2)10-14-9(13)15-11(16-10)18-8-6-4-3-5-7(8)12/h3-6H,1-2H3,(H2,13,14,15,16). The highest BCUT2D eigenvalue weighted by Gasteiger charge is 2.09. The lowest BCUT2D eigenvalue weighted by Crippen LogP contribution is -2.15. The van der Waals surface area contributed by atoms with Crippen LogP contribution in [0.3, 0.4) is 0 Å². The molecule has 1 heterocycles. The summed E-state index contributed by atoms with van der Waals surface area (Å²) in [5, 5.41) is 0. The maximum atomic E-state index is 5.62. The molecule has 0 aliphatic heterocycles. The van der Waals surface area contributed by atoms with E-state index in [9.17, 15) is 0 Å². The zero-order chi connectivity index (χ0) is 13.1. The van der Waals surface area contributed by atoms with Gasteiger partial charge >= 0.3 is 6.01 Å². The fourth-order valence-electron chi connectivity index (χ4n) is 1.23. The molecule has 7 heteroatoms. The third-order valence-corrected chi connectivity index (χ3v) is 2.95. The molecule has 2 N–H and O–H groups in total. The zero-order valence-electron chi connectivity index (χ0n) is 9.96. The van der Waals surface area contributed by atoms with E-state index in [1.54, 1.807) is 4.90 Å². The molecule has 0 unspecified atom stereocenters. The molecule has 0 aliphatic rings. The van der Waals surface area contributed by atoms with Crippen LogP contribution in [0.15, 0.2) is 24.3 Å². The first-order chi connectivity index (χ1) is 8.56. The topological polar surface area (TPSA) is 77.2 Å². The largest absolute Gasteiger partial charge is 0.423 e. The minimum atomic E-state index is 0.134. The van der Waals surface area contributed by atoms with E-state index in [-0.39, 0.29) is 12.0 Å². The minimum Gasteiger partial charge on any atom is -0.423 e. The number of halogens is 1. The van der Waals surface area contributed by atoms with E-state index >= 15 is 0 Å². The van der Waals surface area contributed by atoms with Crippen molar-refractivity contribution in [3.63, 3.8) is 0 Å². The Morgan fingerprint density at radius 3 is 2.56 bits per heavy atom. The van der Waals surface area contributed by atoms with E-state index in [1.807, 2.05) is 38.4 Å². The third-order valence-electron chi connectivity index (χ3n) is 2.06. The van der Waals surface area contributed by atoms with Crippen LogP contribution in [0, 0.1) is 3.57 Å². The highest BCUT2D eigenvalue weighted by molar-refractivity contribution is 14.1. The number of hydrogen-bond donors (Lipinski definition) is 1. The molecule has 6 nitrogen and oxygen atoms in total. The predicted octanol–water partition coefficient (Wildman–Crippen LogP) is 1.92. The third kappa shape index (κ3) is 2.97. The molecule has 1 aromatic carbocycles. The van der Waals surface area contributed by atoms with Gasteiger partial charge in [-0.1, -0.05) is 12.1 Å². The van der Waals surface area contributed by atoms with Gasteiger partial charge in [0.1, 0.15) is 5.75 Å². The van der Waals surface area contributed by atoms with Gasteiger partial charge in [-0.3, -0.25) is 0 Å². The molecule has 94 valence electrons. The average molecular weight is 357 g/mol. The molecule has 0 atom stereocenters. The van der Waals surface area contributed by atoms with Crippen LogP contribution >= 0.6 is 22.6 Å². The Morgan fingerprint density at radius 2 is 1.89 bits per heavy atom. The molecule has 0 amide bonds. The molecular formula is C11H12IN5O. The Kier molecular flexibility index (Phi) is 3.80. The predicted molar refractivity (Wildman–Crippen MR) is 77.8 cm³/mol. The smallest absolute Gasteiger partial charge is 0.328 e. The van der Waals surface area contributed by atoms with Crippen LogP contribution in [0.25, 0.3) is 0 Å². The molecule has 0 fully saturated rings. The van der Waals surface area contributed by atoms with E-state index in [1.165, 1.54) is 0 Å². The van der Waals surface area contributed by atoms with Crippen LogP contribution in [0.5, 0.6) is 11.8 Å². The van der Waals surface area contributed by atoms with Crippen molar-refractivity contribution >= 4 is 34.5 Å². The van der Waals surface area contributed by atoms with Gasteiger partial charge in [0.05, 0.1) is 3.57 Å². The number of nitrogen functional groups attached to an aromatic ring is 1. The molecule has 0 radical (unpaired) electrons. The lowest BCUT2D eigenvalue weighted by Gasteiger charge is -2.11. The number of hydrogen-bond acceptors (Lipinski definition) is 6. The summed E-state index contributed by atoms with van der Waals surface area (Å²) in [6.07, 6.45) is 0. The van der Waals surface area contributed by atoms with E-state index in [2.05, 4.69) is 37.5 Å². The molecule has 18 heavy (non-hydrogen) atoms. The first-order valence-corrected chi connectivity index (χ1v) is 6.25. The number of rotatable bonds is 3. The Labute approximate surface area is 118 Å². The summed E-state index contributed by atoms with van der Waals surface area (Å²) in [6.45, 7) is 0. The van der Waals surface area contributed by atoms with Crippen LogP contribution in [0.2, 0.25) is 0 Å². The fourth-order valence-corrected chi connectivity index (χ4v) is 1.73. The number of nitrogens with zero attached hydrogens (tertiary/aromatic N) is 4. The van der Waals surface area contributed by atoms with E-state index in [0.29, 0.717) is 11.7 Å². The van der Waals surface area contributed by atoms with Gasteiger partial charge in [-0.25, -0.2) is 0 Å². The van der Waals surface area contributed by atoms with Gasteiger partial charge in [-0.2, -0.15) is 15.0 Å². The lowest BCUT2D eigenvalue weighted by molar-refractivity contribution is 0.438. The van der Waals surface area contributed by atoms with Crippen molar-refractivity contribution in [1.29, 1.82) is 0 Å². The quantitative estimate of drug-likeness (QED) is 0.846. The SMILES string of the molecule is CN(C)c1nc(N)nc(Oc2ccccc2I)n1. The number of para-hydroxylation sites is 1. The summed E-state index contributed by atoms with van der Waals surface area (Å²) >= 11 is 2.18. The van der Waals surface area contributed by atoms with Crippen LogP contribution in [-0.2, 0) is 0 Å². The number of nitrogens with two attached hydrogens (primary N) is 1. The van der Waals surface area contributed by atoms with E-state index in [4.69, 9.17) is 10.5 Å². The fraction of sp³-hybridized carbons (Fsp3) is 0.182.